The summed E-state index contributed by atoms with van der Waals surface area (Å²) in [5.41, 5.74) is 0.0483. The number of carbonyl (C=O) groups excluding carboxylic acids is 1. The van der Waals surface area contributed by atoms with Crippen LogP contribution in [0.4, 0.5) is 8.78 Å². The maximum absolute atomic E-state index is 12.2. The van der Waals surface area contributed by atoms with Crippen LogP contribution in [0.5, 0.6) is 5.75 Å². The minimum absolute atomic E-state index is 0.0483. The summed E-state index contributed by atoms with van der Waals surface area (Å²) >= 11 is 0. The number of halogens is 2. The van der Waals surface area contributed by atoms with Crippen LogP contribution < -0.4 is 4.74 Å². The van der Waals surface area contributed by atoms with Crippen LogP contribution in [0.2, 0.25) is 0 Å². The number of carbonyl (C=O) groups is 1. The van der Waals surface area contributed by atoms with Crippen molar-refractivity contribution in [3.63, 3.8) is 0 Å². The second-order valence-corrected chi connectivity index (χ2v) is 3.61. The number of hydrogen-bond acceptors (Lipinski definition) is 3. The lowest BCUT2D eigenvalue weighted by atomic mass is 10.1. The Labute approximate surface area is 102 Å². The van der Waals surface area contributed by atoms with Gasteiger partial charge in [0.15, 0.2) is 5.76 Å². The van der Waals surface area contributed by atoms with Gasteiger partial charge in [0.05, 0.1) is 5.56 Å². The Hall–Kier alpha value is -2.17. The zero-order valence-electron chi connectivity index (χ0n) is 9.52. The summed E-state index contributed by atoms with van der Waals surface area (Å²) < 4.78 is 33.9. The van der Waals surface area contributed by atoms with E-state index in [4.69, 9.17) is 4.42 Å². The smallest absolute Gasteiger partial charge is 0.387 e. The molecule has 18 heavy (non-hydrogen) atoms. The summed E-state index contributed by atoms with van der Waals surface area (Å²) in [6, 6.07) is 8.94. The van der Waals surface area contributed by atoms with Crippen molar-refractivity contribution in [3.8, 4) is 5.75 Å². The highest BCUT2D eigenvalue weighted by Crippen LogP contribution is 2.23. The number of ether oxygens (including phenoxy) is 1. The minimum Gasteiger partial charge on any atom is -0.458 e. The van der Waals surface area contributed by atoms with Gasteiger partial charge < -0.3 is 9.15 Å². The van der Waals surface area contributed by atoms with Crippen LogP contribution in [0.3, 0.4) is 0 Å². The highest BCUT2D eigenvalue weighted by molar-refractivity contribution is 6.08. The molecule has 0 radical (unpaired) electrons. The summed E-state index contributed by atoms with van der Waals surface area (Å²) in [7, 11) is 0. The zero-order chi connectivity index (χ0) is 13.1. The molecule has 0 aliphatic rings. The first-order valence-electron chi connectivity index (χ1n) is 5.23. The van der Waals surface area contributed by atoms with Crippen molar-refractivity contribution >= 4 is 5.78 Å². The Balaban J connectivity index is 2.35. The van der Waals surface area contributed by atoms with Crippen LogP contribution >= 0.6 is 0 Å². The molecule has 0 spiro atoms. The Morgan fingerprint density at radius 2 is 1.94 bits per heavy atom. The lowest BCUT2D eigenvalue weighted by molar-refractivity contribution is -0.0501. The Morgan fingerprint density at radius 3 is 2.56 bits per heavy atom. The van der Waals surface area contributed by atoms with Crippen LogP contribution in [0.25, 0.3) is 0 Å². The van der Waals surface area contributed by atoms with Crippen LogP contribution in [0.15, 0.2) is 40.8 Å². The standard InChI is InChI=1S/C13H10F2O3/c1-8-6-7-11(17-8)12(16)9-4-2-3-5-10(9)18-13(14)15/h2-7,13H,1H3. The normalized spacial score (nSPS) is 10.7. The van der Waals surface area contributed by atoms with E-state index in [0.29, 0.717) is 5.76 Å². The molecule has 0 unspecified atom stereocenters. The predicted molar refractivity (Wildman–Crippen MR) is 60.0 cm³/mol. The molecule has 2 aromatic rings. The van der Waals surface area contributed by atoms with Gasteiger partial charge in [-0.1, -0.05) is 12.1 Å². The van der Waals surface area contributed by atoms with Crippen molar-refractivity contribution in [1.82, 2.24) is 0 Å². The summed E-state index contributed by atoms with van der Waals surface area (Å²) in [4.78, 5) is 12.0. The maximum atomic E-state index is 12.2. The van der Waals surface area contributed by atoms with E-state index in [1.54, 1.807) is 19.1 Å². The molecule has 3 nitrogen and oxygen atoms in total. The Bertz CT molecular complexity index is 561. The Kier molecular flexibility index (Phi) is 3.41. The van der Waals surface area contributed by atoms with Gasteiger partial charge in [-0.15, -0.1) is 0 Å². The largest absolute Gasteiger partial charge is 0.458 e. The molecule has 0 N–H and O–H groups in total. The molecule has 0 atom stereocenters. The third-order valence-corrected chi connectivity index (χ3v) is 2.31. The molecule has 94 valence electrons. The van der Waals surface area contributed by atoms with Gasteiger partial charge in [0.1, 0.15) is 11.5 Å². The van der Waals surface area contributed by atoms with E-state index < -0.39 is 12.4 Å². The third-order valence-electron chi connectivity index (χ3n) is 2.31. The van der Waals surface area contributed by atoms with Gasteiger partial charge >= 0.3 is 6.61 Å². The molecule has 0 saturated carbocycles. The van der Waals surface area contributed by atoms with Crippen molar-refractivity contribution in [2.75, 3.05) is 0 Å². The van der Waals surface area contributed by atoms with E-state index >= 15 is 0 Å². The number of rotatable bonds is 4. The van der Waals surface area contributed by atoms with E-state index in [9.17, 15) is 13.6 Å². The molecule has 0 bridgehead atoms. The quantitative estimate of drug-likeness (QED) is 0.782. The molecule has 1 aromatic carbocycles. The summed E-state index contributed by atoms with van der Waals surface area (Å²) in [5.74, 6) is 0.0225. The van der Waals surface area contributed by atoms with Crippen LogP contribution in [0.1, 0.15) is 21.9 Å². The van der Waals surface area contributed by atoms with Crippen LogP contribution in [-0.2, 0) is 0 Å². The lowest BCUT2D eigenvalue weighted by Crippen LogP contribution is -2.08. The van der Waals surface area contributed by atoms with Crippen LogP contribution in [0, 0.1) is 6.92 Å². The highest BCUT2D eigenvalue weighted by Gasteiger charge is 2.19. The molecule has 0 aliphatic heterocycles. The predicted octanol–water partition coefficient (Wildman–Crippen LogP) is 3.42. The third kappa shape index (κ3) is 2.56. The van der Waals surface area contributed by atoms with Crippen molar-refractivity contribution < 1.29 is 22.7 Å². The number of aryl methyl sites for hydroxylation is 1. The fourth-order valence-electron chi connectivity index (χ4n) is 1.54. The van der Waals surface area contributed by atoms with Gasteiger partial charge in [0.25, 0.3) is 0 Å². The molecule has 0 fully saturated rings. The highest BCUT2D eigenvalue weighted by atomic mass is 19.3. The number of benzene rings is 1. The molecular formula is C13H10F2O3. The second-order valence-electron chi connectivity index (χ2n) is 3.61. The van der Waals surface area contributed by atoms with E-state index in [1.165, 1.54) is 24.3 Å². The molecule has 0 saturated heterocycles. The number of hydrogen-bond donors (Lipinski definition) is 0. The van der Waals surface area contributed by atoms with E-state index in [0.717, 1.165) is 0 Å². The second kappa shape index (κ2) is 5.00. The average Bonchev–Trinajstić information content (AvgIpc) is 2.75. The SMILES string of the molecule is Cc1ccc(C(=O)c2ccccc2OC(F)F)o1. The van der Waals surface area contributed by atoms with Crippen molar-refractivity contribution in [2.45, 2.75) is 13.5 Å². The minimum atomic E-state index is -2.97. The number of para-hydroxylation sites is 1. The topological polar surface area (TPSA) is 39.4 Å². The molecule has 2 rings (SSSR count). The zero-order valence-corrected chi connectivity index (χ0v) is 9.52. The van der Waals surface area contributed by atoms with Crippen molar-refractivity contribution in [3.05, 3.63) is 53.5 Å². The fraction of sp³-hybridized carbons (Fsp3) is 0.154. The van der Waals surface area contributed by atoms with Gasteiger partial charge in [0.2, 0.25) is 5.78 Å². The Morgan fingerprint density at radius 1 is 1.22 bits per heavy atom. The van der Waals surface area contributed by atoms with Crippen molar-refractivity contribution in [1.29, 1.82) is 0 Å². The van der Waals surface area contributed by atoms with Gasteiger partial charge in [-0.25, -0.2) is 0 Å². The molecule has 0 aliphatic carbocycles. The first-order valence-corrected chi connectivity index (χ1v) is 5.23. The number of alkyl halides is 2. The van der Waals surface area contributed by atoms with Crippen LogP contribution in [-0.4, -0.2) is 12.4 Å². The summed E-state index contributed by atoms with van der Waals surface area (Å²) in [6.07, 6.45) is 0. The van der Waals surface area contributed by atoms with E-state index in [2.05, 4.69) is 4.74 Å². The van der Waals surface area contributed by atoms with E-state index in [1.807, 2.05) is 0 Å². The van der Waals surface area contributed by atoms with Crippen molar-refractivity contribution in [2.24, 2.45) is 0 Å². The molecule has 0 amide bonds. The molecule has 5 heteroatoms. The first-order chi connectivity index (χ1) is 8.58. The van der Waals surface area contributed by atoms with Gasteiger partial charge in [0, 0.05) is 0 Å². The maximum Gasteiger partial charge on any atom is 0.387 e. The monoisotopic (exact) mass is 252 g/mol. The lowest BCUT2D eigenvalue weighted by Gasteiger charge is -2.08. The van der Waals surface area contributed by atoms with Gasteiger partial charge in [-0.3, -0.25) is 4.79 Å². The average molecular weight is 252 g/mol. The number of ketones is 1. The first kappa shape index (κ1) is 12.3. The van der Waals surface area contributed by atoms with E-state index in [-0.39, 0.29) is 17.1 Å². The van der Waals surface area contributed by atoms with Gasteiger partial charge in [-0.2, -0.15) is 8.78 Å². The summed E-state index contributed by atoms with van der Waals surface area (Å²) in [6.45, 7) is -1.28. The molecule has 1 aromatic heterocycles. The molecule has 1 heterocycles. The van der Waals surface area contributed by atoms with Gasteiger partial charge in [-0.05, 0) is 31.2 Å². The molecular weight excluding hydrogens is 242 g/mol. The number of furan rings is 1. The fourth-order valence-corrected chi connectivity index (χ4v) is 1.54. The summed E-state index contributed by atoms with van der Waals surface area (Å²) in [5, 5.41) is 0.